The van der Waals surface area contributed by atoms with Crippen molar-refractivity contribution in [3.63, 3.8) is 0 Å². The van der Waals surface area contributed by atoms with Crippen LogP contribution in [0.15, 0.2) is 48.5 Å². The van der Waals surface area contributed by atoms with Gasteiger partial charge in [0.2, 0.25) is 5.91 Å². The van der Waals surface area contributed by atoms with Crippen LogP contribution in [0.5, 0.6) is 0 Å². The second-order valence-corrected chi connectivity index (χ2v) is 9.37. The average molecular weight is 427 g/mol. The van der Waals surface area contributed by atoms with E-state index in [2.05, 4.69) is 5.32 Å². The lowest BCUT2D eigenvalue weighted by molar-refractivity contribution is -0.120. The first-order chi connectivity index (χ1) is 14.5. The first-order valence-corrected chi connectivity index (χ1v) is 11.6. The molecule has 2 atom stereocenters. The molecule has 1 N–H and O–H groups in total. The van der Waals surface area contributed by atoms with Crippen LogP contribution in [0.4, 0.5) is 10.1 Å². The highest BCUT2D eigenvalue weighted by atomic mass is 32.2. The lowest BCUT2D eigenvalue weighted by Crippen LogP contribution is -2.49. The molecule has 2 fully saturated rings. The minimum atomic E-state index is -0.570. The predicted octanol–water partition coefficient (Wildman–Crippen LogP) is 5.24. The summed E-state index contributed by atoms with van der Waals surface area (Å²) < 4.78 is 13.8. The zero-order valence-electron chi connectivity index (χ0n) is 17.1. The number of nitrogens with zero attached hydrogens (tertiary/aromatic N) is 1. The number of halogens is 1. The molecule has 0 aromatic heterocycles. The summed E-state index contributed by atoms with van der Waals surface area (Å²) in [5.74, 6) is 0.0365. The van der Waals surface area contributed by atoms with Crippen molar-refractivity contribution in [1.82, 2.24) is 4.90 Å². The molecule has 1 heterocycles. The standard InChI is InChI=1S/C24H27FN2O2S/c1-16-10-12-20(13-11-16)26-22(28)21-15-30-24(17-6-3-2-4-7-17)27(21)23(29)18-8-5-9-19(25)14-18/h5,8-14,17,21,24H,2-4,6-7,15H2,1H3,(H,26,28). The fraction of sp³-hybridized carbons (Fsp3) is 0.417. The van der Waals surface area contributed by atoms with Gasteiger partial charge in [-0.3, -0.25) is 9.59 Å². The topological polar surface area (TPSA) is 49.4 Å². The van der Waals surface area contributed by atoms with Crippen molar-refractivity contribution in [1.29, 1.82) is 0 Å². The second-order valence-electron chi connectivity index (χ2n) is 8.22. The largest absolute Gasteiger partial charge is 0.324 e. The molecule has 0 radical (unpaired) electrons. The first kappa shape index (κ1) is 20.9. The summed E-state index contributed by atoms with van der Waals surface area (Å²) in [6, 6.07) is 12.8. The highest BCUT2D eigenvalue weighted by Gasteiger charge is 2.45. The number of anilines is 1. The fourth-order valence-corrected chi connectivity index (χ4v) is 6.04. The van der Waals surface area contributed by atoms with Crippen molar-refractivity contribution in [3.05, 3.63) is 65.5 Å². The molecule has 158 valence electrons. The number of hydrogen-bond donors (Lipinski definition) is 1. The van der Waals surface area contributed by atoms with Crippen LogP contribution in [0, 0.1) is 18.7 Å². The van der Waals surface area contributed by atoms with E-state index >= 15 is 0 Å². The number of nitrogens with one attached hydrogen (secondary N) is 1. The molecule has 4 rings (SSSR count). The van der Waals surface area contributed by atoms with Gasteiger partial charge in [-0.05, 0) is 56.0 Å². The maximum absolute atomic E-state index is 13.8. The molecular formula is C24H27FN2O2S. The molecule has 2 amide bonds. The van der Waals surface area contributed by atoms with E-state index in [0.717, 1.165) is 36.9 Å². The SMILES string of the molecule is Cc1ccc(NC(=O)C2CSC(C3CCCCC3)N2C(=O)c2cccc(F)c2)cc1. The third-order valence-corrected chi connectivity index (χ3v) is 7.48. The number of benzene rings is 2. The van der Waals surface area contributed by atoms with Gasteiger partial charge in [-0.2, -0.15) is 0 Å². The molecule has 30 heavy (non-hydrogen) atoms. The fourth-order valence-electron chi connectivity index (χ4n) is 4.40. The highest BCUT2D eigenvalue weighted by Crippen LogP contribution is 2.41. The molecular weight excluding hydrogens is 399 g/mol. The van der Waals surface area contributed by atoms with Crippen LogP contribution in [0.25, 0.3) is 0 Å². The molecule has 1 aliphatic carbocycles. The van der Waals surface area contributed by atoms with Crippen molar-refractivity contribution in [2.24, 2.45) is 5.92 Å². The summed E-state index contributed by atoms with van der Waals surface area (Å²) in [6.07, 6.45) is 5.67. The number of aryl methyl sites for hydroxylation is 1. The maximum atomic E-state index is 13.8. The number of hydrogen-bond acceptors (Lipinski definition) is 3. The molecule has 4 nitrogen and oxygen atoms in total. The van der Waals surface area contributed by atoms with Crippen molar-refractivity contribution in [3.8, 4) is 0 Å². The van der Waals surface area contributed by atoms with Gasteiger partial charge >= 0.3 is 0 Å². The number of amides is 2. The molecule has 2 aliphatic rings. The number of thioether (sulfide) groups is 1. The van der Waals surface area contributed by atoms with E-state index in [1.807, 2.05) is 31.2 Å². The Balaban J connectivity index is 1.59. The second kappa shape index (κ2) is 9.21. The highest BCUT2D eigenvalue weighted by molar-refractivity contribution is 8.00. The molecule has 2 aromatic carbocycles. The molecule has 6 heteroatoms. The van der Waals surface area contributed by atoms with Crippen LogP contribution in [-0.2, 0) is 4.79 Å². The Morgan fingerprint density at radius 2 is 1.80 bits per heavy atom. The van der Waals surface area contributed by atoms with Crippen molar-refractivity contribution in [2.45, 2.75) is 50.4 Å². The summed E-state index contributed by atoms with van der Waals surface area (Å²) in [5, 5.41) is 2.92. The van der Waals surface area contributed by atoms with Crippen LogP contribution in [0.2, 0.25) is 0 Å². The van der Waals surface area contributed by atoms with Crippen molar-refractivity contribution in [2.75, 3.05) is 11.1 Å². The third kappa shape index (κ3) is 4.53. The number of carbonyl (C=O) groups excluding carboxylic acids is 2. The van der Waals surface area contributed by atoms with Gasteiger partial charge in [-0.25, -0.2) is 4.39 Å². The van der Waals surface area contributed by atoms with E-state index in [0.29, 0.717) is 17.2 Å². The lowest BCUT2D eigenvalue weighted by Gasteiger charge is -2.35. The molecule has 2 aromatic rings. The minimum absolute atomic E-state index is 0.0464. The zero-order valence-corrected chi connectivity index (χ0v) is 18.0. The van der Waals surface area contributed by atoms with Gasteiger partial charge in [0.1, 0.15) is 11.9 Å². The number of rotatable bonds is 4. The third-order valence-electron chi connectivity index (χ3n) is 6.02. The van der Waals surface area contributed by atoms with Gasteiger partial charge in [-0.15, -0.1) is 11.8 Å². The van der Waals surface area contributed by atoms with E-state index in [4.69, 9.17) is 0 Å². The molecule has 1 saturated carbocycles. The van der Waals surface area contributed by atoms with Gasteiger partial charge in [0.25, 0.3) is 5.91 Å². The van der Waals surface area contributed by atoms with Gasteiger partial charge in [0.05, 0.1) is 5.37 Å². The number of carbonyl (C=O) groups is 2. The molecule has 0 bridgehead atoms. The molecule has 2 unspecified atom stereocenters. The Bertz CT molecular complexity index is 912. The van der Waals surface area contributed by atoms with Gasteiger partial charge in [0, 0.05) is 17.0 Å². The Morgan fingerprint density at radius 3 is 2.50 bits per heavy atom. The molecule has 1 aliphatic heterocycles. The normalized spacial score (nSPS) is 22.1. The zero-order chi connectivity index (χ0) is 21.1. The average Bonchev–Trinajstić information content (AvgIpc) is 3.21. The van der Waals surface area contributed by atoms with E-state index in [1.165, 1.54) is 18.6 Å². The molecule has 0 spiro atoms. The predicted molar refractivity (Wildman–Crippen MR) is 119 cm³/mol. The Morgan fingerprint density at radius 1 is 1.07 bits per heavy atom. The van der Waals surface area contributed by atoms with Crippen molar-refractivity contribution >= 4 is 29.3 Å². The maximum Gasteiger partial charge on any atom is 0.255 e. The Hall–Kier alpha value is -2.34. The summed E-state index contributed by atoms with van der Waals surface area (Å²) >= 11 is 1.68. The van der Waals surface area contributed by atoms with Gasteiger partial charge < -0.3 is 10.2 Å². The summed E-state index contributed by atoms with van der Waals surface area (Å²) in [5.41, 5.74) is 2.13. The summed E-state index contributed by atoms with van der Waals surface area (Å²) in [4.78, 5) is 28.3. The van der Waals surface area contributed by atoms with Crippen LogP contribution in [0.1, 0.15) is 48.0 Å². The monoisotopic (exact) mass is 426 g/mol. The minimum Gasteiger partial charge on any atom is -0.324 e. The molecule has 1 saturated heterocycles. The quantitative estimate of drug-likeness (QED) is 0.728. The first-order valence-electron chi connectivity index (χ1n) is 10.6. The van der Waals surface area contributed by atoms with Gasteiger partial charge in [-0.1, -0.05) is 43.0 Å². The van der Waals surface area contributed by atoms with Crippen LogP contribution < -0.4 is 5.32 Å². The summed E-state index contributed by atoms with van der Waals surface area (Å²) in [7, 11) is 0. The van der Waals surface area contributed by atoms with Gasteiger partial charge in [0.15, 0.2) is 0 Å². The lowest BCUT2D eigenvalue weighted by atomic mass is 9.88. The van der Waals surface area contributed by atoms with E-state index in [9.17, 15) is 14.0 Å². The summed E-state index contributed by atoms with van der Waals surface area (Å²) in [6.45, 7) is 1.99. The smallest absolute Gasteiger partial charge is 0.255 e. The van der Waals surface area contributed by atoms with E-state index < -0.39 is 11.9 Å². The van der Waals surface area contributed by atoms with E-state index in [-0.39, 0.29) is 17.2 Å². The Labute approximate surface area is 181 Å². The van der Waals surface area contributed by atoms with Crippen molar-refractivity contribution < 1.29 is 14.0 Å². The van der Waals surface area contributed by atoms with Crippen LogP contribution >= 0.6 is 11.8 Å². The van der Waals surface area contributed by atoms with Crippen LogP contribution in [-0.4, -0.2) is 33.9 Å². The van der Waals surface area contributed by atoms with E-state index in [1.54, 1.807) is 28.8 Å². The van der Waals surface area contributed by atoms with Crippen LogP contribution in [0.3, 0.4) is 0 Å². The Kier molecular flexibility index (Phi) is 6.42.